The Morgan fingerprint density at radius 1 is 0.972 bits per heavy atom. The summed E-state index contributed by atoms with van der Waals surface area (Å²) in [6.45, 7) is 3.99. The molecule has 0 unspecified atom stereocenters. The van der Waals surface area contributed by atoms with Gasteiger partial charge in [-0.25, -0.2) is 9.38 Å². The molecular weight excluding hydrogens is 495 g/mol. The van der Waals surface area contributed by atoms with E-state index in [-0.39, 0.29) is 11.9 Å². The monoisotopic (exact) mass is 522 g/mol. The average Bonchev–Trinajstić information content (AvgIpc) is 3.35. The first-order valence-corrected chi connectivity index (χ1v) is 13.4. The second-order valence-corrected chi connectivity index (χ2v) is 10.7. The molecule has 0 N–H and O–H groups in total. The number of halogens is 2. The number of carbonyl (C=O) groups excluding carboxylic acids is 1. The van der Waals surface area contributed by atoms with Crippen LogP contribution < -0.4 is 4.90 Å². The first-order valence-electron chi connectivity index (χ1n) is 12.7. The highest BCUT2D eigenvalue weighted by atomic mass is 35.5. The van der Waals surface area contributed by atoms with Crippen molar-refractivity contribution >= 4 is 51.6 Å². The first kappa shape index (κ1) is 23.5. The number of hydrogen-bond acceptors (Lipinski definition) is 5. The van der Waals surface area contributed by atoms with Crippen molar-refractivity contribution < 1.29 is 4.79 Å². The fourth-order valence-electron chi connectivity index (χ4n) is 5.66. The fourth-order valence-corrected chi connectivity index (χ4v) is 5.96. The molecule has 6 rings (SSSR count). The zero-order valence-electron chi connectivity index (χ0n) is 20.2. The second-order valence-electron chi connectivity index (χ2n) is 9.90. The predicted octanol–water partition coefficient (Wildman–Crippen LogP) is 5.98. The number of aromatic nitrogens is 4. The van der Waals surface area contributed by atoms with Crippen LogP contribution in [-0.2, 0) is 0 Å². The molecule has 2 fully saturated rings. The highest BCUT2D eigenvalue weighted by Gasteiger charge is 2.32. The number of carbonyl (C=O) groups is 1. The van der Waals surface area contributed by atoms with Gasteiger partial charge in [0.1, 0.15) is 5.82 Å². The minimum Gasteiger partial charge on any atom is -0.338 e. The fraction of sp³-hybridized carbons (Fsp3) is 0.407. The van der Waals surface area contributed by atoms with E-state index in [1.807, 2.05) is 23.1 Å². The molecule has 1 aliphatic heterocycles. The SMILES string of the molecule is C[C@@H]1CN(c2nc3ccccc3c3nnc(C4CCCCC4)n23)CCN1C(=O)c1ccc(Cl)c(Cl)c1. The molecule has 186 valence electrons. The largest absolute Gasteiger partial charge is 0.338 e. The smallest absolute Gasteiger partial charge is 0.254 e. The van der Waals surface area contributed by atoms with Gasteiger partial charge in [0.15, 0.2) is 5.65 Å². The van der Waals surface area contributed by atoms with E-state index >= 15 is 0 Å². The van der Waals surface area contributed by atoms with E-state index in [1.165, 1.54) is 19.3 Å². The Morgan fingerprint density at radius 2 is 1.78 bits per heavy atom. The summed E-state index contributed by atoms with van der Waals surface area (Å²) in [5.41, 5.74) is 2.32. The maximum atomic E-state index is 13.3. The Balaban J connectivity index is 1.35. The number of hydrogen-bond donors (Lipinski definition) is 0. The minimum absolute atomic E-state index is 0.0152. The third-order valence-corrected chi connectivity index (χ3v) is 8.30. The van der Waals surface area contributed by atoms with Crippen LogP contribution in [0, 0.1) is 0 Å². The van der Waals surface area contributed by atoms with Crippen molar-refractivity contribution in [1.82, 2.24) is 24.5 Å². The summed E-state index contributed by atoms with van der Waals surface area (Å²) in [6.07, 6.45) is 6.00. The van der Waals surface area contributed by atoms with Crippen LogP contribution in [0.1, 0.15) is 61.1 Å². The molecule has 2 aromatic carbocycles. The van der Waals surface area contributed by atoms with Crippen molar-refractivity contribution in [3.05, 3.63) is 63.9 Å². The molecule has 4 aromatic rings. The number of benzene rings is 2. The van der Waals surface area contributed by atoms with E-state index in [9.17, 15) is 4.79 Å². The van der Waals surface area contributed by atoms with Crippen LogP contribution in [0.25, 0.3) is 16.6 Å². The highest BCUT2D eigenvalue weighted by Crippen LogP contribution is 2.35. The van der Waals surface area contributed by atoms with Crippen molar-refractivity contribution in [2.24, 2.45) is 0 Å². The van der Waals surface area contributed by atoms with Crippen LogP contribution in [0.2, 0.25) is 10.0 Å². The standard InChI is InChI=1S/C27H28Cl2N6O/c1-17-16-33(13-14-34(17)26(36)19-11-12-21(28)22(29)15-19)27-30-23-10-6-5-9-20(23)25-32-31-24(35(25)27)18-7-3-2-4-8-18/h5-6,9-12,15,17-18H,2-4,7-8,13-14,16H2,1H3/t17-/m1/s1. The van der Waals surface area contributed by atoms with Gasteiger partial charge in [-0.2, -0.15) is 0 Å². The van der Waals surface area contributed by atoms with Crippen LogP contribution >= 0.6 is 23.2 Å². The third kappa shape index (κ3) is 4.08. The molecule has 1 amide bonds. The molecule has 9 heteroatoms. The molecule has 1 aliphatic carbocycles. The predicted molar refractivity (Wildman–Crippen MR) is 143 cm³/mol. The lowest BCUT2D eigenvalue weighted by molar-refractivity contribution is 0.0673. The number of amides is 1. The van der Waals surface area contributed by atoms with Crippen LogP contribution in [-0.4, -0.2) is 56.1 Å². The van der Waals surface area contributed by atoms with Gasteiger partial charge >= 0.3 is 0 Å². The molecule has 0 bridgehead atoms. The van der Waals surface area contributed by atoms with Crippen LogP contribution in [0.3, 0.4) is 0 Å². The number of fused-ring (bicyclic) bond motifs is 3. The van der Waals surface area contributed by atoms with Gasteiger partial charge in [0.25, 0.3) is 5.91 Å². The Morgan fingerprint density at radius 3 is 2.56 bits per heavy atom. The Kier molecular flexibility index (Phi) is 6.21. The lowest BCUT2D eigenvalue weighted by atomic mass is 9.89. The summed E-state index contributed by atoms with van der Waals surface area (Å²) < 4.78 is 2.18. The van der Waals surface area contributed by atoms with E-state index < -0.39 is 0 Å². The summed E-state index contributed by atoms with van der Waals surface area (Å²) in [4.78, 5) is 22.6. The van der Waals surface area contributed by atoms with Gasteiger partial charge in [0.05, 0.1) is 15.6 Å². The van der Waals surface area contributed by atoms with E-state index in [0.717, 1.165) is 41.2 Å². The number of para-hydroxylation sites is 1. The van der Waals surface area contributed by atoms with E-state index in [2.05, 4.69) is 27.4 Å². The van der Waals surface area contributed by atoms with Gasteiger partial charge in [-0.1, -0.05) is 54.6 Å². The molecule has 1 saturated carbocycles. The molecule has 36 heavy (non-hydrogen) atoms. The molecule has 2 aromatic heterocycles. The van der Waals surface area contributed by atoms with Gasteiger partial charge in [0.2, 0.25) is 5.95 Å². The molecule has 0 radical (unpaired) electrons. The molecule has 7 nitrogen and oxygen atoms in total. The van der Waals surface area contributed by atoms with Crippen LogP contribution in [0.5, 0.6) is 0 Å². The molecule has 0 spiro atoms. The Labute approximate surface area is 220 Å². The van der Waals surface area contributed by atoms with Crippen molar-refractivity contribution in [2.45, 2.75) is 51.0 Å². The van der Waals surface area contributed by atoms with Gasteiger partial charge in [-0.3, -0.25) is 4.79 Å². The van der Waals surface area contributed by atoms with E-state index in [1.54, 1.807) is 18.2 Å². The Bertz CT molecular complexity index is 1450. The highest BCUT2D eigenvalue weighted by molar-refractivity contribution is 6.42. The number of rotatable bonds is 3. The van der Waals surface area contributed by atoms with E-state index in [4.69, 9.17) is 33.3 Å². The quantitative estimate of drug-likeness (QED) is 0.331. The molecule has 3 heterocycles. The van der Waals surface area contributed by atoms with E-state index in [0.29, 0.717) is 41.2 Å². The molecule has 2 aliphatic rings. The maximum absolute atomic E-state index is 13.3. The zero-order valence-corrected chi connectivity index (χ0v) is 21.7. The number of piperazine rings is 1. The van der Waals surface area contributed by atoms with Gasteiger partial charge in [-0.15, -0.1) is 10.2 Å². The average molecular weight is 523 g/mol. The summed E-state index contributed by atoms with van der Waals surface area (Å²) in [6, 6.07) is 13.2. The van der Waals surface area contributed by atoms with Gasteiger partial charge < -0.3 is 9.80 Å². The van der Waals surface area contributed by atoms with Crippen molar-refractivity contribution in [3.8, 4) is 0 Å². The minimum atomic E-state index is -0.0375. The molecule has 1 saturated heterocycles. The third-order valence-electron chi connectivity index (χ3n) is 7.56. The van der Waals surface area contributed by atoms with Gasteiger partial charge in [0, 0.05) is 42.5 Å². The number of anilines is 1. The van der Waals surface area contributed by atoms with Crippen LogP contribution in [0.4, 0.5) is 5.95 Å². The van der Waals surface area contributed by atoms with Gasteiger partial charge in [-0.05, 0) is 50.1 Å². The molecular formula is C27H28Cl2N6O. The zero-order chi connectivity index (χ0) is 24.8. The molecule has 1 atom stereocenters. The maximum Gasteiger partial charge on any atom is 0.254 e. The first-order chi connectivity index (χ1) is 17.5. The van der Waals surface area contributed by atoms with Crippen molar-refractivity contribution in [2.75, 3.05) is 24.5 Å². The summed E-state index contributed by atoms with van der Waals surface area (Å²) >= 11 is 12.2. The normalized spacial score (nSPS) is 19.4. The Hall–Kier alpha value is -2.90. The van der Waals surface area contributed by atoms with Crippen molar-refractivity contribution in [3.63, 3.8) is 0 Å². The number of nitrogens with zero attached hydrogens (tertiary/aromatic N) is 6. The van der Waals surface area contributed by atoms with Crippen LogP contribution in [0.15, 0.2) is 42.5 Å². The topological polar surface area (TPSA) is 66.6 Å². The summed E-state index contributed by atoms with van der Waals surface area (Å²) in [5, 5.41) is 11.2. The second kappa shape index (κ2) is 9.52. The van der Waals surface area contributed by atoms with Crippen molar-refractivity contribution in [1.29, 1.82) is 0 Å². The lowest BCUT2D eigenvalue weighted by Gasteiger charge is -2.40. The lowest BCUT2D eigenvalue weighted by Crippen LogP contribution is -2.54. The summed E-state index contributed by atoms with van der Waals surface area (Å²) in [7, 11) is 0. The summed E-state index contributed by atoms with van der Waals surface area (Å²) in [5.74, 6) is 2.23.